The molecule has 0 unspecified atom stereocenters. The van der Waals surface area contributed by atoms with Crippen LogP contribution in [0.5, 0.6) is 0 Å². The molecule has 1 aromatic rings. The highest BCUT2D eigenvalue weighted by Gasteiger charge is 2.01. The molecule has 0 atom stereocenters. The third-order valence-electron chi connectivity index (χ3n) is 2.20. The Morgan fingerprint density at radius 3 is 2.79 bits per heavy atom. The molecule has 0 aliphatic heterocycles. The van der Waals surface area contributed by atoms with Gasteiger partial charge in [-0.2, -0.15) is 5.26 Å². The van der Waals surface area contributed by atoms with Crippen molar-refractivity contribution in [3.63, 3.8) is 0 Å². The fourth-order valence-electron chi connectivity index (χ4n) is 1.38. The van der Waals surface area contributed by atoms with Gasteiger partial charge in [-0.1, -0.05) is 19.4 Å². The molecule has 0 saturated carbocycles. The van der Waals surface area contributed by atoms with Crippen molar-refractivity contribution in [3.8, 4) is 6.07 Å². The number of aryl methyl sites for hydroxylation is 1. The molecule has 0 aliphatic rings. The largest absolute Gasteiger partial charge is 0.192 e. The number of thioether (sulfide) groups is 1. The zero-order valence-corrected chi connectivity index (χ0v) is 9.53. The highest BCUT2D eigenvalue weighted by molar-refractivity contribution is 7.98. The van der Waals surface area contributed by atoms with E-state index in [1.807, 2.05) is 18.4 Å². The summed E-state index contributed by atoms with van der Waals surface area (Å²) in [6.07, 6.45) is 5.48. The normalized spacial score (nSPS) is 9.79. The monoisotopic (exact) mass is 205 g/mol. The second-order valence-electron chi connectivity index (χ2n) is 3.25. The van der Waals surface area contributed by atoms with Crippen molar-refractivity contribution < 1.29 is 0 Å². The summed E-state index contributed by atoms with van der Waals surface area (Å²) in [5.74, 6) is 0. The maximum atomic E-state index is 8.94. The molecule has 0 amide bonds. The van der Waals surface area contributed by atoms with Gasteiger partial charge in [-0.05, 0) is 36.8 Å². The SMILES string of the molecule is CCCCc1ccc(SC)c(C#N)c1. The van der Waals surface area contributed by atoms with Crippen molar-refractivity contribution in [1.29, 1.82) is 5.26 Å². The summed E-state index contributed by atoms with van der Waals surface area (Å²) in [5.41, 5.74) is 2.09. The molecule has 2 heteroatoms. The van der Waals surface area contributed by atoms with Crippen LogP contribution >= 0.6 is 11.8 Å². The van der Waals surface area contributed by atoms with Crippen molar-refractivity contribution in [2.75, 3.05) is 6.26 Å². The van der Waals surface area contributed by atoms with Gasteiger partial charge in [0, 0.05) is 4.90 Å². The summed E-state index contributed by atoms with van der Waals surface area (Å²) in [4.78, 5) is 1.08. The van der Waals surface area contributed by atoms with Crippen LogP contribution in [-0.2, 0) is 6.42 Å². The summed E-state index contributed by atoms with van der Waals surface area (Å²) in [5, 5.41) is 8.94. The van der Waals surface area contributed by atoms with Crippen molar-refractivity contribution in [2.45, 2.75) is 31.1 Å². The predicted octanol–water partition coefficient (Wildman–Crippen LogP) is 3.62. The molecule has 0 heterocycles. The molecule has 0 aromatic heterocycles. The molecule has 0 fully saturated rings. The number of hydrogen-bond donors (Lipinski definition) is 0. The summed E-state index contributed by atoms with van der Waals surface area (Å²) < 4.78 is 0. The number of benzene rings is 1. The van der Waals surface area contributed by atoms with E-state index in [4.69, 9.17) is 5.26 Å². The van der Waals surface area contributed by atoms with Gasteiger partial charge in [-0.3, -0.25) is 0 Å². The van der Waals surface area contributed by atoms with Gasteiger partial charge in [0.05, 0.1) is 5.56 Å². The first-order chi connectivity index (χ1) is 6.81. The molecule has 1 aromatic carbocycles. The van der Waals surface area contributed by atoms with Crippen LogP contribution in [0.15, 0.2) is 23.1 Å². The number of rotatable bonds is 4. The van der Waals surface area contributed by atoms with E-state index in [-0.39, 0.29) is 0 Å². The Labute approximate surface area is 90.1 Å². The Morgan fingerprint density at radius 1 is 1.43 bits per heavy atom. The van der Waals surface area contributed by atoms with Crippen molar-refractivity contribution in [2.24, 2.45) is 0 Å². The Hall–Kier alpha value is -0.940. The third-order valence-corrected chi connectivity index (χ3v) is 3.00. The summed E-state index contributed by atoms with van der Waals surface area (Å²) in [7, 11) is 0. The van der Waals surface area contributed by atoms with E-state index in [2.05, 4.69) is 19.1 Å². The lowest BCUT2D eigenvalue weighted by Crippen LogP contribution is -1.88. The summed E-state index contributed by atoms with van der Waals surface area (Å²) in [6.45, 7) is 2.18. The van der Waals surface area contributed by atoms with Crippen LogP contribution in [0.1, 0.15) is 30.9 Å². The quantitative estimate of drug-likeness (QED) is 0.701. The second kappa shape index (κ2) is 5.72. The number of hydrogen-bond acceptors (Lipinski definition) is 2. The van der Waals surface area contributed by atoms with E-state index >= 15 is 0 Å². The molecule has 1 rings (SSSR count). The van der Waals surface area contributed by atoms with E-state index in [0.29, 0.717) is 0 Å². The molecule has 0 N–H and O–H groups in total. The standard InChI is InChI=1S/C12H15NS/c1-3-4-5-10-6-7-12(14-2)11(8-10)9-13/h6-8H,3-5H2,1-2H3. The summed E-state index contributed by atoms with van der Waals surface area (Å²) >= 11 is 1.63. The van der Waals surface area contributed by atoms with Gasteiger partial charge >= 0.3 is 0 Å². The fourth-order valence-corrected chi connectivity index (χ4v) is 1.91. The third kappa shape index (κ3) is 2.78. The van der Waals surface area contributed by atoms with Crippen LogP contribution in [0.3, 0.4) is 0 Å². The van der Waals surface area contributed by atoms with Crippen LogP contribution in [0, 0.1) is 11.3 Å². The van der Waals surface area contributed by atoms with Crippen molar-refractivity contribution >= 4 is 11.8 Å². The first-order valence-electron chi connectivity index (χ1n) is 4.88. The van der Waals surface area contributed by atoms with Gasteiger partial charge in [-0.15, -0.1) is 11.8 Å². The molecule has 1 nitrogen and oxygen atoms in total. The molecule has 0 aliphatic carbocycles. The van der Waals surface area contributed by atoms with Crippen LogP contribution in [0.4, 0.5) is 0 Å². The maximum absolute atomic E-state index is 8.94. The van der Waals surface area contributed by atoms with Gasteiger partial charge in [0.25, 0.3) is 0 Å². The highest BCUT2D eigenvalue weighted by Crippen LogP contribution is 2.21. The number of unbranched alkanes of at least 4 members (excludes halogenated alkanes) is 1. The Bertz CT molecular complexity index is 339. The van der Waals surface area contributed by atoms with Crippen LogP contribution in [-0.4, -0.2) is 6.26 Å². The zero-order chi connectivity index (χ0) is 10.4. The van der Waals surface area contributed by atoms with Gasteiger partial charge in [0.2, 0.25) is 0 Å². The smallest absolute Gasteiger partial charge is 0.100 e. The Kier molecular flexibility index (Phi) is 4.55. The van der Waals surface area contributed by atoms with E-state index in [1.54, 1.807) is 11.8 Å². The lowest BCUT2D eigenvalue weighted by Gasteiger charge is -2.03. The van der Waals surface area contributed by atoms with Gasteiger partial charge in [-0.25, -0.2) is 0 Å². The van der Waals surface area contributed by atoms with Crippen molar-refractivity contribution in [3.05, 3.63) is 29.3 Å². The summed E-state index contributed by atoms with van der Waals surface area (Å²) in [6, 6.07) is 8.43. The van der Waals surface area contributed by atoms with Crippen LogP contribution in [0.2, 0.25) is 0 Å². The molecule has 0 spiro atoms. The minimum absolute atomic E-state index is 0.811. The molecule has 0 saturated heterocycles. The first-order valence-corrected chi connectivity index (χ1v) is 6.11. The average Bonchev–Trinajstić information content (AvgIpc) is 2.25. The lowest BCUT2D eigenvalue weighted by molar-refractivity contribution is 0.794. The Morgan fingerprint density at radius 2 is 2.21 bits per heavy atom. The molecule has 0 bridgehead atoms. The van der Waals surface area contributed by atoms with Crippen molar-refractivity contribution in [1.82, 2.24) is 0 Å². The minimum atomic E-state index is 0.811. The lowest BCUT2D eigenvalue weighted by atomic mass is 10.1. The molecule has 14 heavy (non-hydrogen) atoms. The zero-order valence-electron chi connectivity index (χ0n) is 8.71. The molecular formula is C12H15NS. The second-order valence-corrected chi connectivity index (χ2v) is 4.10. The maximum Gasteiger partial charge on any atom is 0.100 e. The van der Waals surface area contributed by atoms with Gasteiger partial charge < -0.3 is 0 Å². The van der Waals surface area contributed by atoms with Gasteiger partial charge in [0.1, 0.15) is 6.07 Å². The van der Waals surface area contributed by atoms with E-state index in [1.165, 1.54) is 18.4 Å². The fraction of sp³-hybridized carbons (Fsp3) is 0.417. The average molecular weight is 205 g/mol. The molecule has 74 valence electrons. The van der Waals surface area contributed by atoms with E-state index in [0.717, 1.165) is 16.9 Å². The van der Waals surface area contributed by atoms with Crippen LogP contribution in [0.25, 0.3) is 0 Å². The predicted molar refractivity (Wildman–Crippen MR) is 61.6 cm³/mol. The Balaban J connectivity index is 2.86. The minimum Gasteiger partial charge on any atom is -0.192 e. The number of nitriles is 1. The topological polar surface area (TPSA) is 23.8 Å². The van der Waals surface area contributed by atoms with Crippen LogP contribution < -0.4 is 0 Å². The van der Waals surface area contributed by atoms with Gasteiger partial charge in [0.15, 0.2) is 0 Å². The van der Waals surface area contributed by atoms with E-state index < -0.39 is 0 Å². The molecular weight excluding hydrogens is 190 g/mol. The number of nitrogens with zero attached hydrogens (tertiary/aromatic N) is 1. The highest BCUT2D eigenvalue weighted by atomic mass is 32.2. The molecule has 0 radical (unpaired) electrons. The van der Waals surface area contributed by atoms with E-state index in [9.17, 15) is 0 Å². The first kappa shape index (κ1) is 11.1.